The molecule has 0 amide bonds. The molecule has 94 valence electrons. The summed E-state index contributed by atoms with van der Waals surface area (Å²) in [5, 5.41) is 0.446. The normalized spacial score (nSPS) is 10.4. The summed E-state index contributed by atoms with van der Waals surface area (Å²) in [5.74, 6) is 1.41. The van der Waals surface area contributed by atoms with Gasteiger partial charge in [-0.15, -0.1) is 0 Å². The van der Waals surface area contributed by atoms with E-state index in [-0.39, 0.29) is 0 Å². The van der Waals surface area contributed by atoms with Crippen LogP contribution in [0, 0.1) is 20.8 Å². The van der Waals surface area contributed by atoms with Crippen molar-refractivity contribution in [3.63, 3.8) is 0 Å². The van der Waals surface area contributed by atoms with Crippen molar-refractivity contribution in [3.05, 3.63) is 52.1 Å². The first-order valence-corrected chi connectivity index (χ1v) is 6.12. The molecule has 18 heavy (non-hydrogen) atoms. The van der Waals surface area contributed by atoms with E-state index in [0.717, 1.165) is 11.4 Å². The quantitative estimate of drug-likeness (QED) is 0.793. The van der Waals surface area contributed by atoms with E-state index >= 15 is 0 Å². The van der Waals surface area contributed by atoms with Gasteiger partial charge in [0.1, 0.15) is 17.5 Å². The lowest BCUT2D eigenvalue weighted by Crippen LogP contribution is -2.03. The Morgan fingerprint density at radius 3 is 2.50 bits per heavy atom. The molecule has 0 aliphatic rings. The maximum Gasteiger partial charge on any atom is 0.167 e. The van der Waals surface area contributed by atoms with Crippen LogP contribution in [0.2, 0.25) is 5.15 Å². The molecular weight excluding hydrogens is 248 g/mol. The maximum absolute atomic E-state index is 5.87. The van der Waals surface area contributed by atoms with Crippen LogP contribution in [0.3, 0.4) is 0 Å². The van der Waals surface area contributed by atoms with Gasteiger partial charge in [0.25, 0.3) is 0 Å². The first-order chi connectivity index (χ1) is 8.54. The molecular formula is C14H15ClN2O. The molecule has 1 aromatic carbocycles. The van der Waals surface area contributed by atoms with Crippen molar-refractivity contribution in [2.24, 2.45) is 0 Å². The van der Waals surface area contributed by atoms with E-state index in [0.29, 0.717) is 17.6 Å². The molecule has 0 atom stereocenters. The van der Waals surface area contributed by atoms with Crippen LogP contribution in [0.4, 0.5) is 0 Å². The molecule has 0 spiro atoms. The van der Waals surface area contributed by atoms with E-state index in [9.17, 15) is 0 Å². The van der Waals surface area contributed by atoms with Gasteiger partial charge in [0.2, 0.25) is 0 Å². The third kappa shape index (κ3) is 3.20. The van der Waals surface area contributed by atoms with Gasteiger partial charge in [-0.3, -0.25) is 0 Å². The van der Waals surface area contributed by atoms with Crippen LogP contribution in [0.1, 0.15) is 22.6 Å². The van der Waals surface area contributed by atoms with Crippen molar-refractivity contribution < 1.29 is 4.74 Å². The van der Waals surface area contributed by atoms with Crippen LogP contribution in [-0.2, 0) is 6.61 Å². The molecule has 1 aromatic heterocycles. The maximum atomic E-state index is 5.87. The second kappa shape index (κ2) is 5.36. The highest BCUT2D eigenvalue weighted by molar-refractivity contribution is 6.29. The summed E-state index contributed by atoms with van der Waals surface area (Å²) in [4.78, 5) is 8.39. The number of aromatic nitrogens is 2. The Kier molecular flexibility index (Phi) is 3.82. The number of ether oxygens (including phenoxy) is 1. The van der Waals surface area contributed by atoms with Gasteiger partial charge >= 0.3 is 0 Å². The molecule has 0 saturated carbocycles. The number of rotatable bonds is 3. The summed E-state index contributed by atoms with van der Waals surface area (Å²) in [7, 11) is 0. The number of hydrogen-bond donors (Lipinski definition) is 0. The zero-order valence-electron chi connectivity index (χ0n) is 10.7. The molecule has 0 bridgehead atoms. The van der Waals surface area contributed by atoms with E-state index in [1.165, 1.54) is 11.1 Å². The van der Waals surface area contributed by atoms with E-state index < -0.39 is 0 Å². The average Bonchev–Trinajstić information content (AvgIpc) is 2.29. The molecule has 3 nitrogen and oxygen atoms in total. The Labute approximate surface area is 112 Å². The zero-order chi connectivity index (χ0) is 13.1. The van der Waals surface area contributed by atoms with E-state index in [2.05, 4.69) is 23.8 Å². The first kappa shape index (κ1) is 12.8. The molecule has 2 aromatic rings. The summed E-state index contributed by atoms with van der Waals surface area (Å²) in [5.41, 5.74) is 3.29. The number of benzene rings is 1. The molecule has 0 saturated heterocycles. The fraction of sp³-hybridized carbons (Fsp3) is 0.286. The minimum atomic E-state index is 0.323. The number of hydrogen-bond acceptors (Lipinski definition) is 3. The van der Waals surface area contributed by atoms with Crippen molar-refractivity contribution >= 4 is 11.6 Å². The minimum absolute atomic E-state index is 0.323. The van der Waals surface area contributed by atoms with Crippen LogP contribution < -0.4 is 4.74 Å². The van der Waals surface area contributed by atoms with Crippen LogP contribution >= 0.6 is 11.6 Å². The average molecular weight is 263 g/mol. The van der Waals surface area contributed by atoms with Gasteiger partial charge in [-0.1, -0.05) is 17.7 Å². The Bertz CT molecular complexity index is 549. The largest absolute Gasteiger partial charge is 0.486 e. The highest BCUT2D eigenvalue weighted by atomic mass is 35.5. The second-order valence-corrected chi connectivity index (χ2v) is 4.67. The predicted octanol–water partition coefficient (Wildman–Crippen LogP) is 3.63. The summed E-state index contributed by atoms with van der Waals surface area (Å²) in [6.07, 6.45) is 0. The zero-order valence-corrected chi connectivity index (χ0v) is 11.5. The van der Waals surface area contributed by atoms with Gasteiger partial charge in [-0.2, -0.15) is 0 Å². The van der Waals surface area contributed by atoms with Gasteiger partial charge in [0.05, 0.1) is 0 Å². The number of nitrogens with zero attached hydrogens (tertiary/aromatic N) is 2. The molecule has 0 unspecified atom stereocenters. The lowest BCUT2D eigenvalue weighted by molar-refractivity contribution is 0.295. The summed E-state index contributed by atoms with van der Waals surface area (Å²) in [6.45, 7) is 6.34. The topological polar surface area (TPSA) is 35.0 Å². The van der Waals surface area contributed by atoms with Crippen LogP contribution in [0.5, 0.6) is 5.75 Å². The van der Waals surface area contributed by atoms with Crippen molar-refractivity contribution in [2.75, 3.05) is 0 Å². The van der Waals surface area contributed by atoms with Gasteiger partial charge in [0, 0.05) is 5.69 Å². The second-order valence-electron chi connectivity index (χ2n) is 4.28. The van der Waals surface area contributed by atoms with Gasteiger partial charge in [-0.25, -0.2) is 9.97 Å². The molecule has 0 fully saturated rings. The van der Waals surface area contributed by atoms with Gasteiger partial charge in [-0.05, 0) is 50.1 Å². The highest BCUT2D eigenvalue weighted by Gasteiger charge is 2.03. The molecule has 4 heteroatoms. The lowest BCUT2D eigenvalue weighted by atomic mass is 10.1. The SMILES string of the molecule is Cc1cc(Cl)nc(COc2ccc(C)c(C)c2)n1. The summed E-state index contributed by atoms with van der Waals surface area (Å²) >= 11 is 5.87. The Balaban J connectivity index is 2.08. The Hall–Kier alpha value is -1.61. The Morgan fingerprint density at radius 2 is 1.83 bits per heavy atom. The smallest absolute Gasteiger partial charge is 0.167 e. The molecule has 2 rings (SSSR count). The fourth-order valence-corrected chi connectivity index (χ4v) is 1.86. The monoisotopic (exact) mass is 262 g/mol. The lowest BCUT2D eigenvalue weighted by Gasteiger charge is -2.08. The van der Waals surface area contributed by atoms with E-state index in [1.54, 1.807) is 6.07 Å². The van der Waals surface area contributed by atoms with E-state index in [1.807, 2.05) is 25.1 Å². The molecule has 0 N–H and O–H groups in total. The minimum Gasteiger partial charge on any atom is -0.486 e. The van der Waals surface area contributed by atoms with E-state index in [4.69, 9.17) is 16.3 Å². The molecule has 1 heterocycles. The highest BCUT2D eigenvalue weighted by Crippen LogP contribution is 2.17. The van der Waals surface area contributed by atoms with Gasteiger partial charge in [0.15, 0.2) is 5.82 Å². The Morgan fingerprint density at radius 1 is 1.06 bits per heavy atom. The van der Waals surface area contributed by atoms with Crippen LogP contribution in [0.15, 0.2) is 24.3 Å². The summed E-state index contributed by atoms with van der Waals surface area (Å²) < 4.78 is 5.65. The fourth-order valence-electron chi connectivity index (χ4n) is 1.60. The van der Waals surface area contributed by atoms with Crippen LogP contribution in [-0.4, -0.2) is 9.97 Å². The van der Waals surface area contributed by atoms with Gasteiger partial charge < -0.3 is 4.74 Å². The standard InChI is InChI=1S/C14H15ClN2O/c1-9-4-5-12(6-10(9)2)18-8-14-16-11(3)7-13(15)17-14/h4-7H,8H2,1-3H3. The first-order valence-electron chi connectivity index (χ1n) is 5.75. The molecule has 0 aliphatic heterocycles. The van der Waals surface area contributed by atoms with Crippen molar-refractivity contribution in [3.8, 4) is 5.75 Å². The van der Waals surface area contributed by atoms with Crippen LogP contribution in [0.25, 0.3) is 0 Å². The molecule has 0 aliphatic carbocycles. The third-order valence-electron chi connectivity index (χ3n) is 2.72. The van der Waals surface area contributed by atoms with Crippen molar-refractivity contribution in [2.45, 2.75) is 27.4 Å². The van der Waals surface area contributed by atoms with Crippen molar-refractivity contribution in [1.82, 2.24) is 9.97 Å². The molecule has 0 radical (unpaired) electrons. The third-order valence-corrected chi connectivity index (χ3v) is 2.91. The number of halogens is 1. The predicted molar refractivity (Wildman–Crippen MR) is 72.0 cm³/mol. The summed E-state index contributed by atoms with van der Waals surface area (Å²) in [6, 6.07) is 7.71. The van der Waals surface area contributed by atoms with Crippen molar-refractivity contribution in [1.29, 1.82) is 0 Å². The number of aryl methyl sites for hydroxylation is 3.